The van der Waals surface area contributed by atoms with Crippen LogP contribution in [0, 0.1) is 12.8 Å². The van der Waals surface area contributed by atoms with Crippen LogP contribution in [0.25, 0.3) is 33.6 Å². The number of nitrogens with one attached hydrogen (secondary N) is 2. The van der Waals surface area contributed by atoms with Gasteiger partial charge in [0.25, 0.3) is 0 Å². The van der Waals surface area contributed by atoms with E-state index in [0.29, 0.717) is 53.5 Å². The Balaban J connectivity index is 1.58. The fourth-order valence-electron chi connectivity index (χ4n) is 3.84. The van der Waals surface area contributed by atoms with Crippen LogP contribution in [0.5, 0.6) is 5.75 Å². The van der Waals surface area contributed by atoms with E-state index in [9.17, 15) is 4.79 Å². The molecule has 10 nitrogen and oxygen atoms in total. The average Bonchev–Trinajstić information content (AvgIpc) is 3.29. The molecule has 31 heavy (non-hydrogen) atoms. The first-order valence-corrected chi connectivity index (χ1v) is 10.4. The Hall–Kier alpha value is -3.53. The van der Waals surface area contributed by atoms with Crippen molar-refractivity contribution in [3.8, 4) is 17.4 Å². The van der Waals surface area contributed by atoms with Crippen LogP contribution in [-0.2, 0) is 6.54 Å². The number of carbonyl (C=O) groups excluding carboxylic acids is 1. The highest BCUT2D eigenvalue weighted by Gasteiger charge is 2.19. The van der Waals surface area contributed by atoms with Gasteiger partial charge in [-0.05, 0) is 51.4 Å². The van der Waals surface area contributed by atoms with Crippen LogP contribution in [-0.4, -0.2) is 55.3 Å². The third-order valence-corrected chi connectivity index (χ3v) is 5.64. The summed E-state index contributed by atoms with van der Waals surface area (Å²) in [6, 6.07) is 3.44. The van der Waals surface area contributed by atoms with Crippen LogP contribution in [0.1, 0.15) is 29.5 Å². The van der Waals surface area contributed by atoms with Crippen molar-refractivity contribution in [1.29, 1.82) is 0 Å². The van der Waals surface area contributed by atoms with Gasteiger partial charge in [0.15, 0.2) is 11.6 Å². The molecule has 1 amide bonds. The second-order valence-corrected chi connectivity index (χ2v) is 7.80. The molecule has 0 saturated carbocycles. The Bertz CT molecular complexity index is 1290. The normalized spacial score (nSPS) is 14.3. The van der Waals surface area contributed by atoms with E-state index in [-0.39, 0.29) is 0 Å². The standard InChI is InChI=1S/C21H24N8O2/c1-3-29-21(25-11(2)28-29)20-24-10-15-14-6-13(18(22)30)7-16(17(14)26-19(15)27-20)31-5-4-12-8-23-9-12/h6-7,10,12,23H,3-5,8-9H2,1-2H3,(H2,22,30)(H,24,26,27). The maximum Gasteiger partial charge on any atom is 0.248 e. The summed E-state index contributed by atoms with van der Waals surface area (Å²) in [5, 5.41) is 9.22. The first-order chi connectivity index (χ1) is 15.0. The summed E-state index contributed by atoms with van der Waals surface area (Å²) in [5.41, 5.74) is 7.36. The molecule has 0 spiro atoms. The number of hydrogen-bond donors (Lipinski definition) is 3. The molecule has 0 bridgehead atoms. The van der Waals surface area contributed by atoms with Gasteiger partial charge in [0.1, 0.15) is 17.2 Å². The van der Waals surface area contributed by atoms with Gasteiger partial charge in [-0.15, -0.1) is 0 Å². The minimum Gasteiger partial charge on any atom is -0.491 e. The molecule has 4 N–H and O–H groups in total. The van der Waals surface area contributed by atoms with Crippen molar-refractivity contribution in [2.45, 2.75) is 26.8 Å². The molecule has 4 aromatic rings. The van der Waals surface area contributed by atoms with Gasteiger partial charge in [-0.2, -0.15) is 5.10 Å². The monoisotopic (exact) mass is 420 g/mol. The molecule has 1 fully saturated rings. The zero-order chi connectivity index (χ0) is 21.5. The van der Waals surface area contributed by atoms with Crippen molar-refractivity contribution in [1.82, 2.24) is 35.0 Å². The van der Waals surface area contributed by atoms with E-state index in [1.165, 1.54) is 0 Å². The minimum absolute atomic E-state index is 0.388. The number of aromatic nitrogens is 6. The number of nitrogens with zero attached hydrogens (tertiary/aromatic N) is 5. The molecule has 0 atom stereocenters. The number of nitrogens with two attached hydrogens (primary N) is 1. The summed E-state index contributed by atoms with van der Waals surface area (Å²) in [4.78, 5) is 28.9. The number of carbonyl (C=O) groups is 1. The summed E-state index contributed by atoms with van der Waals surface area (Å²) in [6.45, 7) is 7.11. The first kappa shape index (κ1) is 19.4. The van der Waals surface area contributed by atoms with Gasteiger partial charge >= 0.3 is 0 Å². The number of aromatic amines is 1. The van der Waals surface area contributed by atoms with E-state index in [1.807, 2.05) is 13.8 Å². The molecular formula is C21H24N8O2. The van der Waals surface area contributed by atoms with E-state index in [4.69, 9.17) is 10.5 Å². The van der Waals surface area contributed by atoms with Crippen LogP contribution in [0.15, 0.2) is 18.3 Å². The molecule has 0 unspecified atom stereocenters. The number of primary amides is 1. The highest BCUT2D eigenvalue weighted by Crippen LogP contribution is 2.33. The van der Waals surface area contributed by atoms with Crippen LogP contribution >= 0.6 is 0 Å². The lowest BCUT2D eigenvalue weighted by Crippen LogP contribution is -2.42. The molecule has 1 aliphatic heterocycles. The van der Waals surface area contributed by atoms with Crippen molar-refractivity contribution in [3.05, 3.63) is 29.7 Å². The fraction of sp³-hybridized carbons (Fsp3) is 0.381. The van der Waals surface area contributed by atoms with Crippen molar-refractivity contribution >= 4 is 27.8 Å². The van der Waals surface area contributed by atoms with Gasteiger partial charge < -0.3 is 20.8 Å². The summed E-state index contributed by atoms with van der Waals surface area (Å²) in [6.07, 6.45) is 2.68. The molecule has 5 rings (SSSR count). The zero-order valence-electron chi connectivity index (χ0n) is 17.5. The quantitative estimate of drug-likeness (QED) is 0.414. The Morgan fingerprint density at radius 2 is 2.13 bits per heavy atom. The van der Waals surface area contributed by atoms with Gasteiger partial charge in [-0.3, -0.25) is 4.79 Å². The van der Waals surface area contributed by atoms with E-state index in [0.717, 1.165) is 35.8 Å². The Labute approximate surface area is 178 Å². The van der Waals surface area contributed by atoms with Gasteiger partial charge in [-0.1, -0.05) is 0 Å². The molecule has 160 valence electrons. The Morgan fingerprint density at radius 3 is 2.84 bits per heavy atom. The van der Waals surface area contributed by atoms with Crippen LogP contribution < -0.4 is 15.8 Å². The predicted octanol–water partition coefficient (Wildman–Crippen LogP) is 1.79. The lowest BCUT2D eigenvalue weighted by molar-refractivity contribution is 0.1000. The number of benzene rings is 1. The summed E-state index contributed by atoms with van der Waals surface area (Å²) in [7, 11) is 0. The molecule has 0 aliphatic carbocycles. The number of rotatable bonds is 7. The zero-order valence-corrected chi connectivity index (χ0v) is 17.5. The highest BCUT2D eigenvalue weighted by molar-refractivity contribution is 6.11. The molecular weight excluding hydrogens is 396 g/mol. The van der Waals surface area contributed by atoms with Crippen molar-refractivity contribution in [2.75, 3.05) is 19.7 Å². The topological polar surface area (TPSA) is 137 Å². The minimum atomic E-state index is -0.506. The number of aryl methyl sites for hydroxylation is 2. The molecule has 1 aromatic carbocycles. The summed E-state index contributed by atoms with van der Waals surface area (Å²) in [5.74, 6) is 2.48. The number of fused-ring (bicyclic) bond motifs is 3. The third-order valence-electron chi connectivity index (χ3n) is 5.64. The number of ether oxygens (including phenoxy) is 1. The third kappa shape index (κ3) is 3.48. The lowest BCUT2D eigenvalue weighted by Gasteiger charge is -2.26. The maximum absolute atomic E-state index is 11.9. The van der Waals surface area contributed by atoms with E-state index in [1.54, 1.807) is 23.0 Å². The van der Waals surface area contributed by atoms with Gasteiger partial charge in [0.2, 0.25) is 5.91 Å². The number of amides is 1. The molecule has 10 heteroatoms. The van der Waals surface area contributed by atoms with Crippen molar-refractivity contribution in [3.63, 3.8) is 0 Å². The molecule has 0 radical (unpaired) electrons. The SMILES string of the molecule is CCn1nc(C)nc1-c1ncc2c(n1)[nH]c1c(OCCC3CNC3)cc(C(N)=O)cc12. The molecule has 1 aliphatic rings. The Kier molecular flexibility index (Phi) is 4.78. The maximum atomic E-state index is 11.9. The summed E-state index contributed by atoms with van der Waals surface area (Å²) < 4.78 is 7.83. The van der Waals surface area contributed by atoms with Crippen LogP contribution in [0.2, 0.25) is 0 Å². The Morgan fingerprint density at radius 1 is 1.29 bits per heavy atom. The van der Waals surface area contributed by atoms with E-state index >= 15 is 0 Å². The van der Waals surface area contributed by atoms with Gasteiger partial charge in [0, 0.05) is 29.1 Å². The molecule has 3 aromatic heterocycles. The smallest absolute Gasteiger partial charge is 0.248 e. The lowest BCUT2D eigenvalue weighted by atomic mass is 10.0. The summed E-state index contributed by atoms with van der Waals surface area (Å²) >= 11 is 0. The van der Waals surface area contributed by atoms with Crippen LogP contribution in [0.4, 0.5) is 0 Å². The predicted molar refractivity (Wildman–Crippen MR) is 116 cm³/mol. The van der Waals surface area contributed by atoms with E-state index < -0.39 is 5.91 Å². The fourth-order valence-corrected chi connectivity index (χ4v) is 3.84. The second kappa shape index (κ2) is 7.62. The second-order valence-electron chi connectivity index (χ2n) is 7.80. The van der Waals surface area contributed by atoms with Gasteiger partial charge in [0.05, 0.1) is 12.1 Å². The van der Waals surface area contributed by atoms with Crippen molar-refractivity contribution in [2.24, 2.45) is 11.7 Å². The van der Waals surface area contributed by atoms with E-state index in [2.05, 4.69) is 30.4 Å². The molecule has 1 saturated heterocycles. The van der Waals surface area contributed by atoms with Crippen molar-refractivity contribution < 1.29 is 9.53 Å². The van der Waals surface area contributed by atoms with Crippen LogP contribution in [0.3, 0.4) is 0 Å². The highest BCUT2D eigenvalue weighted by atomic mass is 16.5. The first-order valence-electron chi connectivity index (χ1n) is 10.4. The number of H-pyrrole nitrogens is 1. The number of hydrogen-bond acceptors (Lipinski definition) is 7. The molecule has 4 heterocycles. The average molecular weight is 420 g/mol. The largest absolute Gasteiger partial charge is 0.491 e. The van der Waals surface area contributed by atoms with Gasteiger partial charge in [-0.25, -0.2) is 19.6 Å².